The highest BCUT2D eigenvalue weighted by molar-refractivity contribution is 5.36. The van der Waals surface area contributed by atoms with Crippen molar-refractivity contribution in [3.8, 4) is 5.75 Å². The minimum absolute atomic E-state index is 0.595. The summed E-state index contributed by atoms with van der Waals surface area (Å²) in [6.07, 6.45) is 2.27. The Labute approximate surface area is 128 Å². The van der Waals surface area contributed by atoms with Gasteiger partial charge in [0.15, 0.2) is 0 Å². The summed E-state index contributed by atoms with van der Waals surface area (Å²) in [6, 6.07) is 6.27. The number of rotatable bonds is 12. The van der Waals surface area contributed by atoms with Gasteiger partial charge in [0.05, 0.1) is 13.2 Å². The molecule has 0 radical (unpaired) electrons. The van der Waals surface area contributed by atoms with E-state index in [2.05, 4.69) is 31.3 Å². The van der Waals surface area contributed by atoms with E-state index < -0.39 is 0 Å². The Kier molecular flexibility index (Phi) is 9.87. The van der Waals surface area contributed by atoms with Crippen molar-refractivity contribution in [3.63, 3.8) is 0 Å². The van der Waals surface area contributed by atoms with Crippen molar-refractivity contribution in [2.45, 2.75) is 33.2 Å². The zero-order chi connectivity index (χ0) is 15.3. The van der Waals surface area contributed by atoms with Gasteiger partial charge in [0.2, 0.25) is 0 Å². The predicted molar refractivity (Wildman–Crippen MR) is 86.0 cm³/mol. The molecule has 1 rings (SSSR count). The first kappa shape index (κ1) is 18.0. The largest absolute Gasteiger partial charge is 0.491 e. The number of ether oxygens (including phenoxy) is 3. The SMILES string of the molecule is CCCCOCCOc1ccc(C)cc1CNCCOC. The molecule has 0 unspecified atom stereocenters. The fourth-order valence-electron chi connectivity index (χ4n) is 1.94. The van der Waals surface area contributed by atoms with Gasteiger partial charge in [-0.3, -0.25) is 0 Å². The van der Waals surface area contributed by atoms with Crippen LogP contribution >= 0.6 is 0 Å². The van der Waals surface area contributed by atoms with Crippen molar-refractivity contribution in [1.82, 2.24) is 5.32 Å². The molecule has 4 heteroatoms. The molecule has 0 amide bonds. The second kappa shape index (κ2) is 11.5. The highest BCUT2D eigenvalue weighted by Crippen LogP contribution is 2.19. The molecule has 1 aromatic rings. The van der Waals surface area contributed by atoms with Crippen molar-refractivity contribution in [2.75, 3.05) is 40.1 Å². The lowest BCUT2D eigenvalue weighted by Crippen LogP contribution is -2.19. The number of hydrogen-bond donors (Lipinski definition) is 1. The topological polar surface area (TPSA) is 39.7 Å². The van der Waals surface area contributed by atoms with E-state index >= 15 is 0 Å². The van der Waals surface area contributed by atoms with Crippen LogP contribution in [0.3, 0.4) is 0 Å². The first-order chi connectivity index (χ1) is 10.3. The smallest absolute Gasteiger partial charge is 0.123 e. The Balaban J connectivity index is 2.37. The van der Waals surface area contributed by atoms with E-state index in [1.165, 1.54) is 11.1 Å². The molecule has 0 saturated carbocycles. The van der Waals surface area contributed by atoms with Gasteiger partial charge in [-0.2, -0.15) is 0 Å². The summed E-state index contributed by atoms with van der Waals surface area (Å²) in [4.78, 5) is 0. The van der Waals surface area contributed by atoms with Gasteiger partial charge < -0.3 is 19.5 Å². The monoisotopic (exact) mass is 295 g/mol. The third-order valence-corrected chi connectivity index (χ3v) is 3.14. The summed E-state index contributed by atoms with van der Waals surface area (Å²) < 4.78 is 16.4. The average Bonchev–Trinajstić information content (AvgIpc) is 2.49. The van der Waals surface area contributed by atoms with Crippen LogP contribution in [0.15, 0.2) is 18.2 Å². The number of hydrogen-bond acceptors (Lipinski definition) is 4. The molecule has 120 valence electrons. The van der Waals surface area contributed by atoms with E-state index in [9.17, 15) is 0 Å². The van der Waals surface area contributed by atoms with Crippen molar-refractivity contribution >= 4 is 0 Å². The van der Waals surface area contributed by atoms with Gasteiger partial charge >= 0.3 is 0 Å². The first-order valence-electron chi connectivity index (χ1n) is 7.77. The van der Waals surface area contributed by atoms with Gasteiger partial charge in [-0.05, 0) is 19.4 Å². The molecule has 0 fully saturated rings. The number of methoxy groups -OCH3 is 1. The molecule has 0 spiro atoms. The molecule has 0 aliphatic carbocycles. The Morgan fingerprint density at radius 2 is 1.95 bits per heavy atom. The molecule has 1 N–H and O–H groups in total. The van der Waals surface area contributed by atoms with Gasteiger partial charge in [-0.25, -0.2) is 0 Å². The van der Waals surface area contributed by atoms with Gasteiger partial charge in [0.25, 0.3) is 0 Å². The lowest BCUT2D eigenvalue weighted by atomic mass is 10.1. The minimum Gasteiger partial charge on any atom is -0.491 e. The molecular weight excluding hydrogens is 266 g/mol. The second-order valence-corrected chi connectivity index (χ2v) is 5.10. The van der Waals surface area contributed by atoms with E-state index in [1.807, 2.05) is 6.07 Å². The Bertz CT molecular complexity index is 382. The third-order valence-electron chi connectivity index (χ3n) is 3.14. The van der Waals surface area contributed by atoms with Crippen LogP contribution in [0.2, 0.25) is 0 Å². The molecule has 0 aliphatic rings. The van der Waals surface area contributed by atoms with Crippen LogP contribution in [-0.2, 0) is 16.0 Å². The van der Waals surface area contributed by atoms with E-state index in [1.54, 1.807) is 7.11 Å². The number of unbranched alkanes of at least 4 members (excludes halogenated alkanes) is 1. The van der Waals surface area contributed by atoms with Crippen molar-refractivity contribution in [1.29, 1.82) is 0 Å². The van der Waals surface area contributed by atoms with E-state index in [4.69, 9.17) is 14.2 Å². The Morgan fingerprint density at radius 3 is 2.71 bits per heavy atom. The summed E-state index contributed by atoms with van der Waals surface area (Å²) in [5.41, 5.74) is 2.42. The highest BCUT2D eigenvalue weighted by Gasteiger charge is 2.04. The Hall–Kier alpha value is -1.10. The zero-order valence-electron chi connectivity index (χ0n) is 13.6. The molecule has 0 saturated heterocycles. The molecule has 4 nitrogen and oxygen atoms in total. The number of aryl methyl sites for hydroxylation is 1. The normalized spacial score (nSPS) is 10.8. The zero-order valence-corrected chi connectivity index (χ0v) is 13.6. The second-order valence-electron chi connectivity index (χ2n) is 5.10. The van der Waals surface area contributed by atoms with Crippen molar-refractivity contribution in [3.05, 3.63) is 29.3 Å². The van der Waals surface area contributed by atoms with Crippen molar-refractivity contribution in [2.24, 2.45) is 0 Å². The lowest BCUT2D eigenvalue weighted by Gasteiger charge is -2.13. The van der Waals surface area contributed by atoms with Crippen LogP contribution in [0, 0.1) is 6.92 Å². The maximum atomic E-state index is 5.83. The van der Waals surface area contributed by atoms with Crippen LogP contribution in [-0.4, -0.2) is 40.1 Å². The van der Waals surface area contributed by atoms with Gasteiger partial charge in [-0.1, -0.05) is 31.0 Å². The van der Waals surface area contributed by atoms with Crippen LogP contribution in [0.4, 0.5) is 0 Å². The van der Waals surface area contributed by atoms with Crippen LogP contribution in [0.1, 0.15) is 30.9 Å². The molecular formula is C17H29NO3. The fourth-order valence-corrected chi connectivity index (χ4v) is 1.94. The Morgan fingerprint density at radius 1 is 1.10 bits per heavy atom. The molecule has 1 aromatic carbocycles. The minimum atomic E-state index is 0.595. The van der Waals surface area contributed by atoms with E-state index in [0.717, 1.165) is 38.3 Å². The summed E-state index contributed by atoms with van der Waals surface area (Å²) in [7, 11) is 1.71. The number of nitrogens with one attached hydrogen (secondary N) is 1. The summed E-state index contributed by atoms with van der Waals surface area (Å²) in [6.45, 7) is 8.65. The van der Waals surface area contributed by atoms with Gasteiger partial charge in [0.1, 0.15) is 12.4 Å². The fraction of sp³-hybridized carbons (Fsp3) is 0.647. The quantitative estimate of drug-likeness (QED) is 0.602. The lowest BCUT2D eigenvalue weighted by molar-refractivity contribution is 0.0977. The van der Waals surface area contributed by atoms with E-state index in [0.29, 0.717) is 19.8 Å². The first-order valence-corrected chi connectivity index (χ1v) is 7.77. The molecule has 0 aliphatic heterocycles. The van der Waals surface area contributed by atoms with Crippen LogP contribution < -0.4 is 10.1 Å². The average molecular weight is 295 g/mol. The molecule has 0 aromatic heterocycles. The number of benzene rings is 1. The summed E-state index contributed by atoms with van der Waals surface area (Å²) in [5, 5.41) is 3.35. The third kappa shape index (κ3) is 8.05. The molecule has 0 atom stereocenters. The highest BCUT2D eigenvalue weighted by atomic mass is 16.5. The maximum absolute atomic E-state index is 5.83. The van der Waals surface area contributed by atoms with Crippen molar-refractivity contribution < 1.29 is 14.2 Å². The molecule has 21 heavy (non-hydrogen) atoms. The van der Waals surface area contributed by atoms with Gasteiger partial charge in [-0.15, -0.1) is 0 Å². The predicted octanol–water partition coefficient (Wildman–Crippen LogP) is 2.93. The maximum Gasteiger partial charge on any atom is 0.123 e. The van der Waals surface area contributed by atoms with Crippen LogP contribution in [0.25, 0.3) is 0 Å². The van der Waals surface area contributed by atoms with E-state index in [-0.39, 0.29) is 0 Å². The standard InChI is InChI=1S/C17H29NO3/c1-4-5-9-20-11-12-21-17-7-6-15(2)13-16(17)14-18-8-10-19-3/h6-7,13,18H,4-5,8-12,14H2,1-3H3. The van der Waals surface area contributed by atoms with Crippen LogP contribution in [0.5, 0.6) is 5.75 Å². The summed E-state index contributed by atoms with van der Waals surface area (Å²) in [5.74, 6) is 0.935. The molecule has 0 bridgehead atoms. The van der Waals surface area contributed by atoms with Gasteiger partial charge in [0, 0.05) is 32.4 Å². The molecule has 0 heterocycles. The summed E-state index contributed by atoms with van der Waals surface area (Å²) >= 11 is 0.